The highest BCUT2D eigenvalue weighted by Crippen LogP contribution is 2.47. The van der Waals surface area contributed by atoms with E-state index in [2.05, 4.69) is 175 Å². The zero-order chi connectivity index (χ0) is 32.1. The van der Waals surface area contributed by atoms with E-state index in [4.69, 9.17) is 0 Å². The molecule has 0 saturated heterocycles. The molecular weight excluding hydrogens is 591 g/mol. The van der Waals surface area contributed by atoms with Crippen molar-refractivity contribution < 1.29 is 0 Å². The highest BCUT2D eigenvalue weighted by atomic mass is 14.7. The Labute approximate surface area is 282 Å². The van der Waals surface area contributed by atoms with Crippen LogP contribution in [0.1, 0.15) is 0 Å². The van der Waals surface area contributed by atoms with Crippen molar-refractivity contribution >= 4 is 86.4 Å². The summed E-state index contributed by atoms with van der Waals surface area (Å²) < 4.78 is 0. The Morgan fingerprint density at radius 1 is 0.286 bits per heavy atom. The topological polar surface area (TPSA) is 15.8 Å². The molecule has 0 aliphatic heterocycles. The van der Waals surface area contributed by atoms with Gasteiger partial charge in [-0.15, -0.1) is 0 Å². The fourth-order valence-electron chi connectivity index (χ4n) is 8.56. The van der Waals surface area contributed by atoms with Crippen LogP contribution in [0.2, 0.25) is 0 Å². The number of hydrogen-bond donors (Lipinski definition) is 1. The second-order valence-electron chi connectivity index (χ2n) is 13.3. The third-order valence-electron chi connectivity index (χ3n) is 10.7. The van der Waals surface area contributed by atoms with Crippen LogP contribution in [0.5, 0.6) is 0 Å². The number of rotatable bonds is 2. The van der Waals surface area contributed by atoms with Gasteiger partial charge in [-0.2, -0.15) is 0 Å². The summed E-state index contributed by atoms with van der Waals surface area (Å²) >= 11 is 0. The maximum Gasteiger partial charge on any atom is 0.0471 e. The van der Waals surface area contributed by atoms with Gasteiger partial charge in [0.15, 0.2) is 0 Å². The van der Waals surface area contributed by atoms with E-state index in [1.807, 2.05) is 0 Å². The predicted molar refractivity (Wildman–Crippen MR) is 212 cm³/mol. The number of aromatic amines is 1. The lowest BCUT2D eigenvalue weighted by atomic mass is 9.83. The quantitative estimate of drug-likeness (QED) is 0.146. The Morgan fingerprint density at radius 3 is 1.53 bits per heavy atom. The number of H-pyrrole nitrogens is 1. The Hall–Kier alpha value is -6.44. The van der Waals surface area contributed by atoms with E-state index in [9.17, 15) is 0 Å². The van der Waals surface area contributed by atoms with Crippen LogP contribution in [-0.2, 0) is 0 Å². The Morgan fingerprint density at radius 2 is 0.816 bits per heavy atom. The molecule has 1 heteroatoms. The molecule has 0 aliphatic carbocycles. The van der Waals surface area contributed by atoms with Crippen molar-refractivity contribution in [3.05, 3.63) is 170 Å². The highest BCUT2D eigenvalue weighted by molar-refractivity contribution is 6.28. The first-order valence-electron chi connectivity index (χ1n) is 17.0. The van der Waals surface area contributed by atoms with Gasteiger partial charge in [0.25, 0.3) is 0 Å². The summed E-state index contributed by atoms with van der Waals surface area (Å²) in [5.74, 6) is 0. The van der Waals surface area contributed by atoms with Gasteiger partial charge in [-0.3, -0.25) is 0 Å². The fraction of sp³-hybridized carbons (Fsp3) is 0. The second-order valence-corrected chi connectivity index (χ2v) is 13.3. The highest BCUT2D eigenvalue weighted by Gasteiger charge is 2.20. The summed E-state index contributed by atoms with van der Waals surface area (Å²) in [7, 11) is 0. The molecule has 0 aliphatic rings. The molecule has 1 nitrogen and oxygen atoms in total. The molecule has 49 heavy (non-hydrogen) atoms. The SMILES string of the molecule is c1ccc2cc3c(cc2c1)[nH]c1ccc(-c2c4ccccc4c(-c4cc5ccc6ccccc6c5c5ccccc45)c4ccccc24)cc13. The van der Waals surface area contributed by atoms with E-state index in [1.165, 1.54) is 103 Å². The normalized spacial score (nSPS) is 12.1. The first-order valence-corrected chi connectivity index (χ1v) is 17.0. The van der Waals surface area contributed by atoms with E-state index in [0.29, 0.717) is 0 Å². The van der Waals surface area contributed by atoms with Crippen LogP contribution in [0.4, 0.5) is 0 Å². The molecule has 11 rings (SSSR count). The monoisotopic (exact) mass is 619 g/mol. The van der Waals surface area contributed by atoms with Crippen LogP contribution in [0.15, 0.2) is 170 Å². The summed E-state index contributed by atoms with van der Waals surface area (Å²) in [5, 5.41) is 17.8. The van der Waals surface area contributed by atoms with E-state index < -0.39 is 0 Å². The van der Waals surface area contributed by atoms with Crippen LogP contribution in [0, 0.1) is 0 Å². The van der Waals surface area contributed by atoms with Gasteiger partial charge in [0, 0.05) is 21.8 Å². The molecule has 0 unspecified atom stereocenters. The standard InChI is InChI=1S/C48H29N/c1-2-13-31-28-45-42(25-30(31)12-1)41-26-33(23-24-44(41)49-45)47-37-17-7-9-19-39(37)48(40-20-10-8-18-38(40)47)43-27-32-22-21-29-11-3-4-14-34(29)46(32)36-16-6-5-15-35(36)43/h1-28,49H. The first-order chi connectivity index (χ1) is 24.3. The van der Waals surface area contributed by atoms with Gasteiger partial charge in [0.2, 0.25) is 0 Å². The molecule has 1 aromatic heterocycles. The smallest absolute Gasteiger partial charge is 0.0471 e. The molecule has 0 amide bonds. The molecule has 1 N–H and O–H groups in total. The predicted octanol–water partition coefficient (Wildman–Crippen LogP) is 13.6. The Balaban J connectivity index is 1.24. The first kappa shape index (κ1) is 26.6. The lowest BCUT2D eigenvalue weighted by Gasteiger charge is -2.20. The van der Waals surface area contributed by atoms with Crippen LogP contribution in [0.3, 0.4) is 0 Å². The molecule has 0 radical (unpaired) electrons. The number of benzene rings is 10. The van der Waals surface area contributed by atoms with Gasteiger partial charge in [0.1, 0.15) is 0 Å². The van der Waals surface area contributed by atoms with Crippen LogP contribution in [0.25, 0.3) is 109 Å². The van der Waals surface area contributed by atoms with Crippen molar-refractivity contribution in [3.8, 4) is 22.3 Å². The summed E-state index contributed by atoms with van der Waals surface area (Å²) in [4.78, 5) is 3.70. The van der Waals surface area contributed by atoms with Gasteiger partial charge in [-0.25, -0.2) is 0 Å². The zero-order valence-electron chi connectivity index (χ0n) is 26.7. The maximum absolute atomic E-state index is 3.70. The molecule has 0 saturated carbocycles. The third-order valence-corrected chi connectivity index (χ3v) is 10.7. The summed E-state index contributed by atoms with van der Waals surface area (Å²) in [6.45, 7) is 0. The van der Waals surface area contributed by atoms with Crippen molar-refractivity contribution in [1.29, 1.82) is 0 Å². The van der Waals surface area contributed by atoms with Gasteiger partial charge >= 0.3 is 0 Å². The van der Waals surface area contributed by atoms with Crippen LogP contribution >= 0.6 is 0 Å². The third kappa shape index (κ3) is 3.82. The molecular formula is C48H29N. The number of nitrogens with one attached hydrogen (secondary N) is 1. The second kappa shape index (κ2) is 10.0. The van der Waals surface area contributed by atoms with Gasteiger partial charge in [-0.1, -0.05) is 140 Å². The largest absolute Gasteiger partial charge is 0.354 e. The van der Waals surface area contributed by atoms with E-state index in [0.717, 1.165) is 5.52 Å². The van der Waals surface area contributed by atoms with Gasteiger partial charge in [-0.05, 0) is 117 Å². The lowest BCUT2D eigenvalue weighted by Crippen LogP contribution is -1.92. The van der Waals surface area contributed by atoms with Crippen molar-refractivity contribution in [2.24, 2.45) is 0 Å². The van der Waals surface area contributed by atoms with Crippen molar-refractivity contribution in [2.45, 2.75) is 0 Å². The Kier molecular flexibility index (Phi) is 5.45. The number of hydrogen-bond acceptors (Lipinski definition) is 0. The molecule has 226 valence electrons. The van der Waals surface area contributed by atoms with Crippen molar-refractivity contribution in [1.82, 2.24) is 4.98 Å². The van der Waals surface area contributed by atoms with E-state index in [1.54, 1.807) is 0 Å². The molecule has 0 spiro atoms. The minimum absolute atomic E-state index is 1.16. The average Bonchev–Trinajstić information content (AvgIpc) is 3.52. The van der Waals surface area contributed by atoms with Crippen molar-refractivity contribution in [2.75, 3.05) is 0 Å². The van der Waals surface area contributed by atoms with Crippen LogP contribution in [-0.4, -0.2) is 4.98 Å². The molecule has 11 aromatic rings. The maximum atomic E-state index is 3.70. The molecule has 0 atom stereocenters. The van der Waals surface area contributed by atoms with E-state index in [-0.39, 0.29) is 0 Å². The van der Waals surface area contributed by atoms with Crippen LogP contribution < -0.4 is 0 Å². The van der Waals surface area contributed by atoms with Gasteiger partial charge in [0.05, 0.1) is 0 Å². The zero-order valence-corrected chi connectivity index (χ0v) is 26.7. The number of fused-ring (bicyclic) bond motifs is 11. The number of aromatic nitrogens is 1. The van der Waals surface area contributed by atoms with E-state index >= 15 is 0 Å². The molecule has 1 heterocycles. The molecule has 0 bridgehead atoms. The summed E-state index contributed by atoms with van der Waals surface area (Å²) in [6, 6.07) is 62.9. The molecule has 10 aromatic carbocycles. The van der Waals surface area contributed by atoms with Crippen molar-refractivity contribution in [3.63, 3.8) is 0 Å². The summed E-state index contributed by atoms with van der Waals surface area (Å²) in [6.07, 6.45) is 0. The minimum Gasteiger partial charge on any atom is -0.354 e. The summed E-state index contributed by atoms with van der Waals surface area (Å²) in [5.41, 5.74) is 7.41. The minimum atomic E-state index is 1.16. The lowest BCUT2D eigenvalue weighted by molar-refractivity contribution is 1.55. The van der Waals surface area contributed by atoms with Gasteiger partial charge < -0.3 is 4.98 Å². The fourth-order valence-corrected chi connectivity index (χ4v) is 8.56. The Bertz CT molecular complexity index is 3100. The molecule has 0 fully saturated rings. The average molecular weight is 620 g/mol.